The van der Waals surface area contributed by atoms with Crippen LogP contribution in [-0.2, 0) is 65.0 Å². The number of nitrogens with one attached hydrogen (secondary N) is 7. The summed E-state index contributed by atoms with van der Waals surface area (Å²) in [5.41, 5.74) is 28.1. The zero-order valence-corrected chi connectivity index (χ0v) is 55.3. The quantitative estimate of drug-likeness (QED) is 0.0150. The fourth-order valence-corrected chi connectivity index (χ4v) is 12.1. The van der Waals surface area contributed by atoms with Gasteiger partial charge in [-0.15, -0.1) is 22.7 Å². The molecule has 0 aliphatic carbocycles. The number of thiazole rings is 2. The van der Waals surface area contributed by atoms with Gasteiger partial charge in [0.25, 0.3) is 11.8 Å². The Morgan fingerprint density at radius 1 is 0.781 bits per heavy atom. The van der Waals surface area contributed by atoms with Crippen molar-refractivity contribution in [2.75, 3.05) is 56.8 Å². The first-order valence-electron chi connectivity index (χ1n) is 29.8. The number of amides is 8. The van der Waals surface area contributed by atoms with Gasteiger partial charge in [-0.2, -0.15) is 0 Å². The minimum atomic E-state index is -2.20. The lowest BCUT2D eigenvalue weighted by Gasteiger charge is -2.47. The highest BCUT2D eigenvalue weighted by Gasteiger charge is 2.54. The van der Waals surface area contributed by atoms with E-state index in [0.717, 1.165) is 24.7 Å². The molecule has 2 saturated heterocycles. The molecule has 0 unspecified atom stereocenters. The average Bonchev–Trinajstić information content (AvgIpc) is 0.885. The van der Waals surface area contributed by atoms with Gasteiger partial charge in [-0.25, -0.2) is 29.7 Å². The number of nitrogen functional groups attached to an aromatic ring is 1. The highest BCUT2D eigenvalue weighted by molar-refractivity contribution is 7.95. The molecule has 0 radical (unpaired) electrons. The lowest BCUT2D eigenvalue weighted by atomic mass is 9.96. The van der Waals surface area contributed by atoms with E-state index in [1.165, 1.54) is 50.4 Å². The number of ether oxygens (including phenoxy) is 5. The maximum absolute atomic E-state index is 15.2. The molecule has 96 heavy (non-hydrogen) atoms. The number of aromatic nitrogens is 6. The van der Waals surface area contributed by atoms with Crippen LogP contribution in [0, 0.1) is 12.8 Å². The van der Waals surface area contributed by atoms with Crippen molar-refractivity contribution in [1.82, 2.24) is 61.8 Å². The van der Waals surface area contributed by atoms with Crippen LogP contribution in [0.2, 0.25) is 0 Å². The van der Waals surface area contributed by atoms with Gasteiger partial charge >= 0.3 is 6.09 Å². The molecule has 41 heteroatoms. The number of aliphatic hydroxyl groups excluding tert-OH is 8. The molecule has 2 aliphatic heterocycles. The maximum Gasteiger partial charge on any atom is 0.404 e. The number of hydrogen-bond donors (Lipinski definition) is 20. The van der Waals surface area contributed by atoms with Crippen molar-refractivity contribution in [3.8, 4) is 10.7 Å². The van der Waals surface area contributed by atoms with E-state index in [9.17, 15) is 74.4 Å². The van der Waals surface area contributed by atoms with Crippen molar-refractivity contribution in [3.05, 3.63) is 56.8 Å². The van der Waals surface area contributed by atoms with E-state index in [4.69, 9.17) is 52.4 Å². The summed E-state index contributed by atoms with van der Waals surface area (Å²) in [5, 5.41) is 108. The van der Waals surface area contributed by atoms with E-state index in [1.807, 2.05) is 0 Å². The molecule has 6 rings (SSSR count). The monoisotopic (exact) mass is 1410 g/mol. The third-order valence-electron chi connectivity index (χ3n) is 15.3. The van der Waals surface area contributed by atoms with Gasteiger partial charge in [0.15, 0.2) is 18.7 Å². The van der Waals surface area contributed by atoms with Gasteiger partial charge in [0.1, 0.15) is 100 Å². The molecule has 25 N–H and O–H groups in total. The van der Waals surface area contributed by atoms with Crippen LogP contribution >= 0.6 is 22.7 Å². The number of primary amides is 3. The Balaban J connectivity index is 1.26. The fourth-order valence-electron chi connectivity index (χ4n) is 9.80. The molecular formula is C55H84N17O21S3+. The number of nitrogens with zero attached hydrogens (tertiary/aromatic N) is 5. The third-order valence-corrected chi connectivity index (χ3v) is 18.2. The van der Waals surface area contributed by atoms with Crippen molar-refractivity contribution in [1.29, 1.82) is 0 Å². The molecule has 19 atom stereocenters. The minimum absolute atomic E-state index is 0.00498. The second-order valence-corrected chi connectivity index (χ2v) is 27.0. The van der Waals surface area contributed by atoms with Crippen molar-refractivity contribution in [2.45, 2.75) is 157 Å². The van der Waals surface area contributed by atoms with E-state index >= 15 is 4.79 Å². The maximum atomic E-state index is 15.2. The zero-order chi connectivity index (χ0) is 71.0. The van der Waals surface area contributed by atoms with Gasteiger partial charge in [0, 0.05) is 55.2 Å². The first-order valence-corrected chi connectivity index (χ1v) is 33.8. The molecule has 532 valence electrons. The van der Waals surface area contributed by atoms with Crippen LogP contribution in [0.3, 0.4) is 0 Å². The summed E-state index contributed by atoms with van der Waals surface area (Å²) in [6, 6.07) is -7.85. The smallest absolute Gasteiger partial charge is 0.404 e. The Hall–Kier alpha value is -7.30. The summed E-state index contributed by atoms with van der Waals surface area (Å²) >= 11 is 2.52. The second-order valence-electron chi connectivity index (χ2n) is 22.8. The van der Waals surface area contributed by atoms with Crippen molar-refractivity contribution in [2.24, 2.45) is 28.9 Å². The summed E-state index contributed by atoms with van der Waals surface area (Å²) in [7, 11) is 0.254. The zero-order valence-electron chi connectivity index (χ0n) is 52.9. The topological polar surface area (TPSA) is 627 Å². The standard InChI is InChI=1S/C55H83N17O21S3/c1-20-33(69-46(72-44(20)58)25(12-31(57)76)64-13-24(56)45(59)82)50(86)71-35(41(26-14-61-19-65-26)91-54-43(39(80)37(78)29(15-73)90-54)92-53-40(81)42(93-55(60)88)38(79)30(16-74)89-53)51(87)66-22(3)36(77)21(2)47(83)70-34(23(4)75)49(85)63-10-8-32-67-28(18-94-32)52-68-27(17-95-52)48(84)62-9-7-11-96(5)6/h14,17-19,21-25,29-30,34-43,53-54,64,73-75,77-81H,7-13,15-16,56H2,1-6H3,(H13-,57,58,59,60,61,62,63,65,66,69,70,71,72,76,82,83,84,85,86,87,88)/p+1/t21-,22+,23+,24-,25-,29-,30+,34-,35-,36-,37+,38+,39-,40-,41-,42-,43-,53+,54+/m0/s1. The number of aromatic amines is 1. The molecule has 0 aromatic carbocycles. The second kappa shape index (κ2) is 35.8. The normalized spacial score (nSPS) is 24.0. The highest BCUT2D eigenvalue weighted by atomic mass is 32.2. The number of rotatable bonds is 35. The number of hydrogen-bond acceptors (Lipinski definition) is 31. The lowest BCUT2D eigenvalue weighted by Crippen LogP contribution is -2.65. The molecule has 6 heterocycles. The van der Waals surface area contributed by atoms with Crippen molar-refractivity contribution >= 4 is 86.8 Å². The van der Waals surface area contributed by atoms with Crippen LogP contribution in [0.25, 0.3) is 10.7 Å². The Kier molecular flexibility index (Phi) is 29.0. The van der Waals surface area contributed by atoms with E-state index in [0.29, 0.717) is 22.3 Å². The predicted molar refractivity (Wildman–Crippen MR) is 339 cm³/mol. The SMILES string of the molecule is Cc1c(N)nc([C@H](CC(N)=O)NC[C@H](N)C(N)=O)nc1C(=O)N[C@H](C(=O)N[C@H](C)[C@@H](O)[C@H](C)C(=O)N[C@H](C(=O)NCCc1nc(-c2nc(C(=O)NCCC[S+](C)C)cs2)cs1)[C@@H](C)O)[C@@H](O[C@H]1O[C@@H](CO)[C@@H](O)[C@H](O)[C@@H]1O[C@H]1O[C@H](CO)[C@@H](O)[C@H](OC(N)=O)[C@@H]1O)c1cnc[nH]1. The number of H-pyrrole nitrogens is 1. The Labute approximate surface area is 559 Å². The number of carbonyl (C=O) groups is 8. The molecule has 2 fully saturated rings. The fraction of sp³-hybridized carbons (Fsp3) is 0.618. The summed E-state index contributed by atoms with van der Waals surface area (Å²) in [6.07, 6.45) is -20.0. The van der Waals surface area contributed by atoms with Crippen LogP contribution < -0.4 is 60.6 Å². The van der Waals surface area contributed by atoms with E-state index in [2.05, 4.69) is 74.3 Å². The number of aliphatic hydroxyl groups is 8. The third kappa shape index (κ3) is 20.6. The van der Waals surface area contributed by atoms with Gasteiger partial charge in [-0.1, -0.05) is 6.92 Å². The van der Waals surface area contributed by atoms with Gasteiger partial charge in [-0.3, -0.25) is 33.6 Å². The molecule has 2 aliphatic rings. The average molecular weight is 1420 g/mol. The van der Waals surface area contributed by atoms with E-state index in [1.54, 1.807) is 10.8 Å². The largest absolute Gasteiger partial charge is 0.441 e. The van der Waals surface area contributed by atoms with E-state index in [-0.39, 0.29) is 64.9 Å². The van der Waals surface area contributed by atoms with Crippen molar-refractivity contribution in [3.63, 3.8) is 0 Å². The first-order chi connectivity index (χ1) is 45.3. The Morgan fingerprint density at radius 3 is 2.09 bits per heavy atom. The van der Waals surface area contributed by atoms with Gasteiger partial charge < -0.3 is 130 Å². The Morgan fingerprint density at radius 2 is 1.47 bits per heavy atom. The van der Waals surface area contributed by atoms with Gasteiger partial charge in [0.2, 0.25) is 29.5 Å². The van der Waals surface area contributed by atoms with Crippen LogP contribution in [0.1, 0.15) is 88.8 Å². The highest BCUT2D eigenvalue weighted by Crippen LogP contribution is 2.35. The summed E-state index contributed by atoms with van der Waals surface area (Å²) in [5.74, 6) is -7.69. The lowest BCUT2D eigenvalue weighted by molar-refractivity contribution is -0.372. The summed E-state index contributed by atoms with van der Waals surface area (Å²) < 4.78 is 28.7. The molecule has 4 aromatic heterocycles. The molecule has 38 nitrogen and oxygen atoms in total. The van der Waals surface area contributed by atoms with E-state index < -0.39 is 183 Å². The number of nitrogens with two attached hydrogens (primary N) is 5. The number of carbonyl (C=O) groups excluding carboxylic acids is 8. The van der Waals surface area contributed by atoms with Gasteiger partial charge in [-0.05, 0) is 31.7 Å². The molecule has 4 aromatic rings. The molecule has 8 amide bonds. The number of anilines is 1. The van der Waals surface area contributed by atoms with Crippen molar-refractivity contribution < 1.29 is 103 Å². The van der Waals surface area contributed by atoms with Crippen LogP contribution in [0.4, 0.5) is 10.6 Å². The number of imidazole rings is 1. The first kappa shape index (κ1) is 77.7. The molecular weight excluding hydrogens is 1330 g/mol. The van der Waals surface area contributed by atoms with Crippen LogP contribution in [-0.4, -0.2) is 267 Å². The minimum Gasteiger partial charge on any atom is -0.441 e. The van der Waals surface area contributed by atoms with Crippen LogP contribution in [0.15, 0.2) is 23.3 Å². The molecule has 0 saturated carbocycles. The Bertz CT molecular complexity index is 3280. The summed E-state index contributed by atoms with van der Waals surface area (Å²) in [4.78, 5) is 131. The predicted octanol–water partition coefficient (Wildman–Crippen LogP) is -7.70. The van der Waals surface area contributed by atoms with Crippen LogP contribution in [0.5, 0.6) is 0 Å². The molecule has 0 bridgehead atoms. The van der Waals surface area contributed by atoms with Gasteiger partial charge in [0.05, 0.1) is 85.2 Å². The summed E-state index contributed by atoms with van der Waals surface area (Å²) in [6.45, 7) is 3.18. The molecule has 0 spiro atoms.